The van der Waals surface area contributed by atoms with Crippen LogP contribution in [0.25, 0.3) is 0 Å². The highest BCUT2D eigenvalue weighted by atomic mass is 79.9. The van der Waals surface area contributed by atoms with Gasteiger partial charge in [-0.05, 0) is 43.1 Å². The molecule has 1 atom stereocenters. The van der Waals surface area contributed by atoms with Crippen LogP contribution in [-0.2, 0) is 0 Å². The zero-order valence-corrected chi connectivity index (χ0v) is 14.1. The molecule has 0 aliphatic heterocycles. The fourth-order valence-corrected chi connectivity index (χ4v) is 7.00. The van der Waals surface area contributed by atoms with Gasteiger partial charge in [-0.1, -0.05) is 83.7 Å². The lowest BCUT2D eigenvalue weighted by Gasteiger charge is -2.32. The second-order valence-corrected chi connectivity index (χ2v) is 8.77. The van der Waals surface area contributed by atoms with Crippen LogP contribution in [0.1, 0.15) is 32.1 Å². The largest absolute Gasteiger partial charge is 0.0622 e. The van der Waals surface area contributed by atoms with Crippen molar-refractivity contribution in [1.82, 2.24) is 0 Å². The molecular weight excluding hydrogens is 327 g/mol. The fraction of sp³-hybridized carbons (Fsp3) is 0.333. The Morgan fingerprint density at radius 3 is 2.15 bits per heavy atom. The molecule has 2 aromatic rings. The van der Waals surface area contributed by atoms with E-state index in [9.17, 15) is 0 Å². The summed E-state index contributed by atoms with van der Waals surface area (Å²) >= 11 is 3.78. The van der Waals surface area contributed by atoms with Crippen molar-refractivity contribution in [1.29, 1.82) is 0 Å². The maximum atomic E-state index is 3.78. The third-order valence-corrected chi connectivity index (χ3v) is 8.09. The number of hydrogen-bond acceptors (Lipinski definition) is 0. The summed E-state index contributed by atoms with van der Waals surface area (Å²) in [5, 5.41) is 3.04. The van der Waals surface area contributed by atoms with Crippen molar-refractivity contribution >= 4 is 34.5 Å². The van der Waals surface area contributed by atoms with Gasteiger partial charge in [-0.15, -0.1) is 0 Å². The lowest BCUT2D eigenvalue weighted by Crippen LogP contribution is -2.24. The average Bonchev–Trinajstić information content (AvgIpc) is 2.52. The molecule has 1 unspecified atom stereocenters. The summed E-state index contributed by atoms with van der Waals surface area (Å²) in [6.07, 6.45) is 7.01. The molecule has 3 rings (SSSR count). The Balaban J connectivity index is 2.01. The minimum Gasteiger partial charge on any atom is -0.0622 e. The first-order valence-electron chi connectivity index (χ1n) is 7.45. The van der Waals surface area contributed by atoms with Gasteiger partial charge in [-0.3, -0.25) is 0 Å². The third kappa shape index (κ3) is 3.15. The van der Waals surface area contributed by atoms with E-state index in [2.05, 4.69) is 70.5 Å². The van der Waals surface area contributed by atoms with Gasteiger partial charge in [0.2, 0.25) is 0 Å². The smallest absolute Gasteiger partial charge is 0.0255 e. The van der Waals surface area contributed by atoms with Crippen molar-refractivity contribution in [3.05, 3.63) is 59.1 Å². The van der Waals surface area contributed by atoms with Crippen LogP contribution < -0.4 is 10.6 Å². The quantitative estimate of drug-likeness (QED) is 0.669. The van der Waals surface area contributed by atoms with E-state index in [0.29, 0.717) is 0 Å². The molecule has 1 aliphatic carbocycles. The van der Waals surface area contributed by atoms with Gasteiger partial charge in [0.15, 0.2) is 0 Å². The fourth-order valence-electron chi connectivity index (χ4n) is 3.12. The molecule has 1 aliphatic rings. The summed E-state index contributed by atoms with van der Waals surface area (Å²) < 4.78 is 1.28. The van der Waals surface area contributed by atoms with Crippen molar-refractivity contribution in [2.45, 2.75) is 37.8 Å². The molecule has 20 heavy (non-hydrogen) atoms. The number of rotatable bonds is 3. The Morgan fingerprint density at radius 1 is 0.800 bits per heavy atom. The molecule has 0 aromatic heterocycles. The van der Waals surface area contributed by atoms with Gasteiger partial charge in [0, 0.05) is 4.47 Å². The molecule has 0 N–H and O–H groups in total. The van der Waals surface area contributed by atoms with Crippen molar-refractivity contribution in [2.24, 2.45) is 0 Å². The van der Waals surface area contributed by atoms with Crippen molar-refractivity contribution < 1.29 is 0 Å². The summed E-state index contributed by atoms with van der Waals surface area (Å²) in [6.45, 7) is 0. The maximum Gasteiger partial charge on any atom is 0.0255 e. The highest BCUT2D eigenvalue weighted by Gasteiger charge is 2.27. The van der Waals surface area contributed by atoms with E-state index >= 15 is 0 Å². The van der Waals surface area contributed by atoms with Crippen LogP contribution >= 0.6 is 23.9 Å². The average molecular weight is 347 g/mol. The standard InChI is InChI=1S/C18H20BrP/c19-17-13-7-8-14-18(17)20(15-9-3-1-4-10-15)16-11-5-2-6-12-16/h1,3-4,7-10,13-14,16H,2,5-6,11-12H2. The predicted molar refractivity (Wildman–Crippen MR) is 93.6 cm³/mol. The van der Waals surface area contributed by atoms with Crippen LogP contribution in [0.3, 0.4) is 0 Å². The van der Waals surface area contributed by atoms with Gasteiger partial charge in [0.1, 0.15) is 0 Å². The van der Waals surface area contributed by atoms with Gasteiger partial charge >= 0.3 is 0 Å². The van der Waals surface area contributed by atoms with E-state index in [4.69, 9.17) is 0 Å². The van der Waals surface area contributed by atoms with Gasteiger partial charge in [-0.25, -0.2) is 0 Å². The lowest BCUT2D eigenvalue weighted by molar-refractivity contribution is 0.513. The van der Waals surface area contributed by atoms with Gasteiger partial charge in [-0.2, -0.15) is 0 Å². The molecule has 2 aromatic carbocycles. The maximum absolute atomic E-state index is 3.78. The highest BCUT2D eigenvalue weighted by Crippen LogP contribution is 2.47. The molecule has 0 nitrogen and oxygen atoms in total. The summed E-state index contributed by atoms with van der Waals surface area (Å²) in [5.74, 6) is 0. The molecule has 0 saturated heterocycles. The van der Waals surface area contributed by atoms with Crippen molar-refractivity contribution in [3.63, 3.8) is 0 Å². The Morgan fingerprint density at radius 2 is 1.45 bits per heavy atom. The Hall–Kier alpha value is -0.650. The topological polar surface area (TPSA) is 0 Å². The van der Waals surface area contributed by atoms with E-state index in [1.807, 2.05) is 0 Å². The van der Waals surface area contributed by atoms with E-state index in [-0.39, 0.29) is 7.92 Å². The molecule has 0 heterocycles. The number of hydrogen-bond donors (Lipinski definition) is 0. The second kappa shape index (κ2) is 6.87. The molecule has 0 bridgehead atoms. The zero-order chi connectivity index (χ0) is 13.8. The van der Waals surface area contributed by atoms with Crippen LogP contribution in [-0.4, -0.2) is 5.66 Å². The van der Waals surface area contributed by atoms with E-state index in [1.54, 1.807) is 0 Å². The zero-order valence-electron chi connectivity index (χ0n) is 11.6. The van der Waals surface area contributed by atoms with Crippen molar-refractivity contribution in [3.8, 4) is 0 Å². The summed E-state index contributed by atoms with van der Waals surface area (Å²) in [4.78, 5) is 0. The Labute approximate surface area is 131 Å². The molecule has 104 valence electrons. The van der Waals surface area contributed by atoms with Gasteiger partial charge in [0.25, 0.3) is 0 Å². The highest BCUT2D eigenvalue weighted by molar-refractivity contribution is 9.10. The Bertz CT molecular complexity index is 546. The van der Waals surface area contributed by atoms with Gasteiger partial charge in [0.05, 0.1) is 0 Å². The first-order valence-corrected chi connectivity index (χ1v) is 9.65. The summed E-state index contributed by atoms with van der Waals surface area (Å²) in [6, 6.07) is 19.9. The normalized spacial score (nSPS) is 17.9. The molecular formula is C18H20BrP. The van der Waals surface area contributed by atoms with Gasteiger partial charge < -0.3 is 0 Å². The molecule has 2 heteroatoms. The number of benzene rings is 2. The van der Waals surface area contributed by atoms with Crippen LogP contribution in [0, 0.1) is 0 Å². The predicted octanol–water partition coefficient (Wildman–Crippen LogP) is 5.21. The SMILES string of the molecule is Brc1ccccc1P(c1ccccc1)C1CCCCC1. The molecule has 0 spiro atoms. The summed E-state index contributed by atoms with van der Waals surface area (Å²) in [7, 11) is -0.237. The monoisotopic (exact) mass is 346 g/mol. The minimum atomic E-state index is -0.237. The van der Waals surface area contributed by atoms with E-state index in [1.165, 1.54) is 47.2 Å². The molecule has 1 saturated carbocycles. The second-order valence-electron chi connectivity index (χ2n) is 5.45. The number of halogens is 1. The Kier molecular flexibility index (Phi) is 4.91. The van der Waals surface area contributed by atoms with Crippen LogP contribution in [0.4, 0.5) is 0 Å². The molecule has 1 fully saturated rings. The lowest BCUT2D eigenvalue weighted by atomic mass is 10.0. The van der Waals surface area contributed by atoms with Crippen LogP contribution in [0.15, 0.2) is 59.1 Å². The molecule has 0 amide bonds. The third-order valence-electron chi connectivity index (χ3n) is 4.09. The van der Waals surface area contributed by atoms with E-state index < -0.39 is 0 Å². The molecule has 0 radical (unpaired) electrons. The van der Waals surface area contributed by atoms with Crippen molar-refractivity contribution in [2.75, 3.05) is 0 Å². The van der Waals surface area contributed by atoms with E-state index in [0.717, 1.165) is 5.66 Å². The summed E-state index contributed by atoms with van der Waals surface area (Å²) in [5.41, 5.74) is 0.847. The minimum absolute atomic E-state index is 0.237. The van der Waals surface area contributed by atoms with Crippen LogP contribution in [0.2, 0.25) is 0 Å². The van der Waals surface area contributed by atoms with Crippen LogP contribution in [0.5, 0.6) is 0 Å². The first-order chi connectivity index (χ1) is 9.86. The first kappa shape index (κ1) is 14.3.